The molecular weight excluding hydrogens is 224 g/mol. The highest BCUT2D eigenvalue weighted by Crippen LogP contribution is 2.42. The van der Waals surface area contributed by atoms with E-state index in [-0.39, 0.29) is 23.7 Å². The summed E-state index contributed by atoms with van der Waals surface area (Å²) in [5.74, 6) is 0.760. The molecule has 0 spiro atoms. The summed E-state index contributed by atoms with van der Waals surface area (Å²) in [7, 11) is -2.83. The van der Waals surface area contributed by atoms with Crippen LogP contribution in [0.5, 0.6) is 0 Å². The Balaban J connectivity index is 2.77. The van der Waals surface area contributed by atoms with Crippen molar-refractivity contribution in [1.29, 1.82) is 0 Å². The molecule has 0 aromatic rings. The molecule has 3 nitrogen and oxygen atoms in total. The molecule has 2 unspecified atom stereocenters. The summed E-state index contributed by atoms with van der Waals surface area (Å²) in [5, 5.41) is 9.64. The van der Waals surface area contributed by atoms with Crippen LogP contribution in [0, 0.1) is 11.3 Å². The van der Waals surface area contributed by atoms with Gasteiger partial charge in [-0.1, -0.05) is 26.7 Å². The molecule has 0 aromatic carbocycles. The lowest BCUT2D eigenvalue weighted by Gasteiger charge is -2.36. The Hall–Kier alpha value is -0.0900. The second-order valence-electron chi connectivity index (χ2n) is 5.08. The number of sulfone groups is 1. The van der Waals surface area contributed by atoms with E-state index in [4.69, 9.17) is 0 Å². The van der Waals surface area contributed by atoms with Gasteiger partial charge >= 0.3 is 0 Å². The number of unbranched alkanes of at least 4 members (excludes halogenated alkanes) is 1. The van der Waals surface area contributed by atoms with Crippen LogP contribution in [-0.4, -0.2) is 31.6 Å². The molecule has 1 aliphatic heterocycles. The molecule has 4 heteroatoms. The summed E-state index contributed by atoms with van der Waals surface area (Å²) in [4.78, 5) is 0. The summed E-state index contributed by atoms with van der Waals surface area (Å²) in [6, 6.07) is 0. The molecule has 0 bridgehead atoms. The van der Waals surface area contributed by atoms with Crippen molar-refractivity contribution in [3.05, 3.63) is 0 Å². The van der Waals surface area contributed by atoms with Crippen molar-refractivity contribution in [3.63, 3.8) is 0 Å². The van der Waals surface area contributed by atoms with Crippen LogP contribution in [-0.2, 0) is 9.84 Å². The van der Waals surface area contributed by atoms with Crippen LogP contribution in [0.25, 0.3) is 0 Å². The van der Waals surface area contributed by atoms with Gasteiger partial charge in [-0.3, -0.25) is 0 Å². The Morgan fingerprint density at radius 2 is 2.06 bits per heavy atom. The maximum atomic E-state index is 11.5. The topological polar surface area (TPSA) is 54.4 Å². The third-order valence-corrected chi connectivity index (χ3v) is 5.91. The molecule has 1 fully saturated rings. The fourth-order valence-electron chi connectivity index (χ4n) is 2.80. The van der Waals surface area contributed by atoms with Crippen LogP contribution in [0.3, 0.4) is 0 Å². The highest BCUT2D eigenvalue weighted by Gasteiger charge is 2.42. The molecule has 0 aliphatic carbocycles. The normalized spacial score (nSPS) is 27.8. The van der Waals surface area contributed by atoms with Crippen LogP contribution < -0.4 is 0 Å². The molecule has 1 aliphatic rings. The van der Waals surface area contributed by atoms with E-state index in [2.05, 4.69) is 13.8 Å². The maximum Gasteiger partial charge on any atom is 0.150 e. The Kier molecular flexibility index (Phi) is 4.80. The van der Waals surface area contributed by atoms with E-state index >= 15 is 0 Å². The smallest absolute Gasteiger partial charge is 0.150 e. The highest BCUT2D eigenvalue weighted by atomic mass is 32.2. The van der Waals surface area contributed by atoms with Crippen LogP contribution in [0.1, 0.15) is 46.0 Å². The zero-order valence-corrected chi connectivity index (χ0v) is 11.2. The average molecular weight is 248 g/mol. The van der Waals surface area contributed by atoms with E-state index in [1.807, 2.05) is 0 Å². The number of aliphatic hydroxyl groups excluding tert-OH is 1. The van der Waals surface area contributed by atoms with Crippen LogP contribution in [0.2, 0.25) is 0 Å². The van der Waals surface area contributed by atoms with Crippen molar-refractivity contribution in [2.75, 3.05) is 18.1 Å². The monoisotopic (exact) mass is 248 g/mol. The van der Waals surface area contributed by atoms with Crippen LogP contribution in [0.15, 0.2) is 0 Å². The van der Waals surface area contributed by atoms with E-state index < -0.39 is 9.84 Å². The Labute approximate surface area is 99.2 Å². The van der Waals surface area contributed by atoms with Crippen molar-refractivity contribution in [2.24, 2.45) is 11.3 Å². The molecule has 2 atom stereocenters. The number of rotatable bonds is 6. The van der Waals surface area contributed by atoms with Gasteiger partial charge < -0.3 is 5.11 Å². The minimum absolute atomic E-state index is 0.129. The first-order chi connectivity index (χ1) is 7.49. The van der Waals surface area contributed by atoms with E-state index in [0.717, 1.165) is 32.1 Å². The Morgan fingerprint density at radius 1 is 1.38 bits per heavy atom. The van der Waals surface area contributed by atoms with Gasteiger partial charge in [-0.2, -0.15) is 0 Å². The maximum absolute atomic E-state index is 11.5. The van der Waals surface area contributed by atoms with Gasteiger partial charge in [-0.25, -0.2) is 8.42 Å². The number of aliphatic hydroxyl groups is 1. The largest absolute Gasteiger partial charge is 0.396 e. The lowest BCUT2D eigenvalue weighted by molar-refractivity contribution is 0.0554. The SMILES string of the molecule is CCCCC(CC)(CO)C1CCS(=O)(=O)C1. The van der Waals surface area contributed by atoms with Gasteiger partial charge in [0.25, 0.3) is 0 Å². The minimum atomic E-state index is -2.83. The van der Waals surface area contributed by atoms with Crippen molar-refractivity contribution in [3.8, 4) is 0 Å². The average Bonchev–Trinajstić information content (AvgIpc) is 2.62. The summed E-state index contributed by atoms with van der Waals surface area (Å²) >= 11 is 0. The summed E-state index contributed by atoms with van der Waals surface area (Å²) in [6.45, 7) is 4.32. The first-order valence-electron chi connectivity index (χ1n) is 6.31. The molecular formula is C12H24O3S. The predicted molar refractivity (Wildman–Crippen MR) is 66.1 cm³/mol. The van der Waals surface area contributed by atoms with Gasteiger partial charge in [0.15, 0.2) is 9.84 Å². The van der Waals surface area contributed by atoms with Gasteiger partial charge in [0.2, 0.25) is 0 Å². The molecule has 16 heavy (non-hydrogen) atoms. The summed E-state index contributed by atoms with van der Waals surface area (Å²) in [5.41, 5.74) is -0.153. The summed E-state index contributed by atoms with van der Waals surface area (Å²) in [6.07, 6.45) is 4.74. The molecule has 1 saturated heterocycles. The lowest BCUT2D eigenvalue weighted by atomic mass is 9.70. The second kappa shape index (κ2) is 5.50. The van der Waals surface area contributed by atoms with E-state index in [0.29, 0.717) is 5.75 Å². The highest BCUT2D eigenvalue weighted by molar-refractivity contribution is 7.91. The standard InChI is InChI=1S/C12H24O3S/c1-3-5-7-12(4-2,10-13)11-6-8-16(14,15)9-11/h11,13H,3-10H2,1-2H3. The van der Waals surface area contributed by atoms with Crippen molar-refractivity contribution in [1.82, 2.24) is 0 Å². The van der Waals surface area contributed by atoms with Gasteiger partial charge in [0, 0.05) is 6.61 Å². The molecule has 96 valence electrons. The lowest BCUT2D eigenvalue weighted by Crippen LogP contribution is -2.34. The van der Waals surface area contributed by atoms with Gasteiger partial charge in [0.05, 0.1) is 11.5 Å². The van der Waals surface area contributed by atoms with E-state index in [1.165, 1.54) is 0 Å². The first-order valence-corrected chi connectivity index (χ1v) is 8.13. The molecule has 1 heterocycles. The first kappa shape index (κ1) is 14.0. The van der Waals surface area contributed by atoms with E-state index in [1.54, 1.807) is 0 Å². The number of hydrogen-bond donors (Lipinski definition) is 1. The Morgan fingerprint density at radius 3 is 2.44 bits per heavy atom. The van der Waals surface area contributed by atoms with Crippen LogP contribution >= 0.6 is 0 Å². The zero-order chi connectivity index (χ0) is 12.2. The third-order valence-electron chi connectivity index (χ3n) is 4.15. The van der Waals surface area contributed by atoms with Crippen LogP contribution in [0.4, 0.5) is 0 Å². The number of hydrogen-bond acceptors (Lipinski definition) is 3. The van der Waals surface area contributed by atoms with Crippen molar-refractivity contribution in [2.45, 2.75) is 46.0 Å². The minimum Gasteiger partial charge on any atom is -0.396 e. The fraction of sp³-hybridized carbons (Fsp3) is 1.00. The third kappa shape index (κ3) is 2.98. The molecule has 0 radical (unpaired) electrons. The molecule has 1 rings (SSSR count). The van der Waals surface area contributed by atoms with Crippen molar-refractivity contribution >= 4 is 9.84 Å². The molecule has 0 saturated carbocycles. The zero-order valence-electron chi connectivity index (χ0n) is 10.4. The predicted octanol–water partition coefficient (Wildman–Crippen LogP) is 2.00. The van der Waals surface area contributed by atoms with Crippen molar-refractivity contribution < 1.29 is 13.5 Å². The fourth-order valence-corrected chi connectivity index (χ4v) is 4.74. The van der Waals surface area contributed by atoms with E-state index in [9.17, 15) is 13.5 Å². The quantitative estimate of drug-likeness (QED) is 0.782. The van der Waals surface area contributed by atoms with Gasteiger partial charge in [-0.15, -0.1) is 0 Å². The molecule has 0 aromatic heterocycles. The molecule has 1 N–H and O–H groups in total. The summed E-state index contributed by atoms with van der Waals surface area (Å²) < 4.78 is 23.0. The molecule has 0 amide bonds. The van der Waals surface area contributed by atoms with Gasteiger partial charge in [0.1, 0.15) is 0 Å². The second-order valence-corrected chi connectivity index (χ2v) is 7.31. The van der Waals surface area contributed by atoms with Gasteiger partial charge in [-0.05, 0) is 30.6 Å². The Bertz CT molecular complexity index is 304.